The summed E-state index contributed by atoms with van der Waals surface area (Å²) >= 11 is 0. The summed E-state index contributed by atoms with van der Waals surface area (Å²) in [5.74, 6) is 0.839. The fourth-order valence-corrected chi connectivity index (χ4v) is 3.69. The van der Waals surface area contributed by atoms with Crippen molar-refractivity contribution in [1.82, 2.24) is 9.29 Å². The number of ether oxygens (including phenoxy) is 1. The van der Waals surface area contributed by atoms with E-state index in [2.05, 4.69) is 4.98 Å². The van der Waals surface area contributed by atoms with Crippen molar-refractivity contribution in [2.24, 2.45) is 5.92 Å². The van der Waals surface area contributed by atoms with Crippen molar-refractivity contribution in [1.29, 1.82) is 0 Å². The van der Waals surface area contributed by atoms with Gasteiger partial charge in [-0.15, -0.1) is 0 Å². The van der Waals surface area contributed by atoms with Crippen molar-refractivity contribution in [3.8, 4) is 5.75 Å². The molecule has 0 saturated carbocycles. The molecular formula is C14H23N3O4S. The first-order chi connectivity index (χ1) is 10.2. The van der Waals surface area contributed by atoms with Gasteiger partial charge in [-0.1, -0.05) is 0 Å². The predicted molar refractivity (Wildman–Crippen MR) is 84.7 cm³/mol. The zero-order valence-corrected chi connectivity index (χ0v) is 14.2. The summed E-state index contributed by atoms with van der Waals surface area (Å²) in [6.07, 6.45) is -0.707. The minimum Gasteiger partial charge on any atom is -0.493 e. The molecule has 22 heavy (non-hydrogen) atoms. The van der Waals surface area contributed by atoms with Gasteiger partial charge >= 0.3 is 0 Å². The molecule has 2 rings (SSSR count). The molecule has 0 aromatic carbocycles. The number of anilines is 1. The number of aromatic nitrogens is 1. The van der Waals surface area contributed by atoms with Crippen LogP contribution in [0.3, 0.4) is 0 Å². The first kappa shape index (κ1) is 17.0. The van der Waals surface area contributed by atoms with Gasteiger partial charge in [0.15, 0.2) is 11.6 Å². The molecule has 0 aliphatic carbocycles. The van der Waals surface area contributed by atoms with Crippen LogP contribution < -0.4 is 9.64 Å². The fourth-order valence-electron chi connectivity index (χ4n) is 2.53. The van der Waals surface area contributed by atoms with Crippen molar-refractivity contribution in [2.45, 2.75) is 13.0 Å². The van der Waals surface area contributed by atoms with Gasteiger partial charge in [0, 0.05) is 38.8 Å². The summed E-state index contributed by atoms with van der Waals surface area (Å²) < 4.78 is 30.5. The minimum absolute atomic E-state index is 0.0776. The highest BCUT2D eigenvalue weighted by Crippen LogP contribution is 2.31. The van der Waals surface area contributed by atoms with Crippen LogP contribution >= 0.6 is 0 Å². The molecule has 0 unspecified atom stereocenters. The van der Waals surface area contributed by atoms with Crippen LogP contribution in [0.15, 0.2) is 12.1 Å². The molecule has 2 atom stereocenters. The molecule has 0 radical (unpaired) electrons. The summed E-state index contributed by atoms with van der Waals surface area (Å²) in [6.45, 7) is 2.66. The van der Waals surface area contributed by atoms with E-state index in [1.807, 2.05) is 24.0 Å². The monoisotopic (exact) mass is 329 g/mol. The molecule has 8 heteroatoms. The molecule has 1 aromatic heterocycles. The van der Waals surface area contributed by atoms with Gasteiger partial charge in [-0.3, -0.25) is 0 Å². The number of sulfonamides is 1. The van der Waals surface area contributed by atoms with E-state index in [1.165, 1.54) is 18.4 Å². The molecular weight excluding hydrogens is 306 g/mol. The number of β-amino-alcohol motifs (C(OH)–C–C–N with tert-alkyl or cyclic N) is 1. The second kappa shape index (κ2) is 6.39. The molecule has 124 valence electrons. The molecule has 0 amide bonds. The Balaban J connectivity index is 2.19. The van der Waals surface area contributed by atoms with Gasteiger partial charge in [0.25, 0.3) is 0 Å². The average molecular weight is 329 g/mol. The molecule has 1 saturated heterocycles. The second-order valence-corrected chi connectivity index (χ2v) is 8.00. The lowest BCUT2D eigenvalue weighted by Gasteiger charge is -2.20. The van der Waals surface area contributed by atoms with Crippen molar-refractivity contribution in [3.05, 3.63) is 17.8 Å². The Morgan fingerprint density at radius 1 is 1.41 bits per heavy atom. The number of aliphatic hydroxyl groups is 1. The van der Waals surface area contributed by atoms with E-state index in [9.17, 15) is 13.5 Å². The number of nitrogens with zero attached hydrogens (tertiary/aromatic N) is 3. The average Bonchev–Trinajstić information content (AvgIpc) is 2.79. The Kier molecular flexibility index (Phi) is 4.93. The number of aliphatic hydroxyl groups excluding tert-OH is 1. The smallest absolute Gasteiger partial charge is 0.214 e. The maximum Gasteiger partial charge on any atom is 0.214 e. The quantitative estimate of drug-likeness (QED) is 0.824. The van der Waals surface area contributed by atoms with Gasteiger partial charge in [0.2, 0.25) is 10.0 Å². The van der Waals surface area contributed by atoms with Crippen LogP contribution in [0.4, 0.5) is 5.82 Å². The van der Waals surface area contributed by atoms with E-state index in [0.29, 0.717) is 24.7 Å². The zero-order chi connectivity index (χ0) is 16.5. The highest BCUT2D eigenvalue weighted by atomic mass is 32.2. The van der Waals surface area contributed by atoms with E-state index >= 15 is 0 Å². The van der Waals surface area contributed by atoms with E-state index in [0.717, 1.165) is 5.69 Å². The maximum atomic E-state index is 12.0. The highest BCUT2D eigenvalue weighted by Gasteiger charge is 2.36. The Morgan fingerprint density at radius 2 is 2.09 bits per heavy atom. The number of hydrogen-bond acceptors (Lipinski definition) is 6. The molecule has 0 spiro atoms. The molecule has 1 aliphatic heterocycles. The van der Waals surface area contributed by atoms with Gasteiger partial charge in [0.1, 0.15) is 0 Å². The zero-order valence-electron chi connectivity index (χ0n) is 13.4. The summed E-state index contributed by atoms with van der Waals surface area (Å²) in [5.41, 5.74) is 0.842. The first-order valence-electron chi connectivity index (χ1n) is 7.09. The van der Waals surface area contributed by atoms with Crippen LogP contribution in [-0.2, 0) is 10.0 Å². The first-order valence-corrected chi connectivity index (χ1v) is 8.70. The van der Waals surface area contributed by atoms with Crippen LogP contribution in [0, 0.1) is 12.8 Å². The summed E-state index contributed by atoms with van der Waals surface area (Å²) in [6, 6.07) is 3.68. The molecule has 1 aromatic rings. The largest absolute Gasteiger partial charge is 0.493 e. The third kappa shape index (κ3) is 3.50. The van der Waals surface area contributed by atoms with Crippen LogP contribution in [0.5, 0.6) is 5.75 Å². The SMILES string of the molecule is COc1ccc(C)nc1N1C[C@@H](CS(=O)(=O)N(C)C)[C@@H](O)C1. The lowest BCUT2D eigenvalue weighted by atomic mass is 10.1. The van der Waals surface area contributed by atoms with Gasteiger partial charge < -0.3 is 14.7 Å². The lowest BCUT2D eigenvalue weighted by Crippen LogP contribution is -2.33. The van der Waals surface area contributed by atoms with E-state index in [1.54, 1.807) is 7.11 Å². The highest BCUT2D eigenvalue weighted by molar-refractivity contribution is 7.89. The lowest BCUT2D eigenvalue weighted by molar-refractivity contribution is 0.157. The normalized spacial score (nSPS) is 22.4. The van der Waals surface area contributed by atoms with E-state index < -0.39 is 16.1 Å². The Hall–Kier alpha value is -1.38. The Morgan fingerprint density at radius 3 is 2.68 bits per heavy atom. The van der Waals surface area contributed by atoms with Crippen molar-refractivity contribution in [2.75, 3.05) is 44.9 Å². The molecule has 7 nitrogen and oxygen atoms in total. The van der Waals surface area contributed by atoms with Gasteiger partial charge in [-0.25, -0.2) is 17.7 Å². The van der Waals surface area contributed by atoms with E-state index in [4.69, 9.17) is 4.74 Å². The maximum absolute atomic E-state index is 12.0. The molecule has 1 N–H and O–H groups in total. The number of pyridine rings is 1. The standard InChI is InChI=1S/C14H23N3O4S/c1-10-5-6-13(21-4)14(15-10)17-7-11(12(18)8-17)9-22(19,20)16(2)3/h5-6,11-12,18H,7-9H2,1-4H3/t11-,12-/m0/s1. The van der Waals surface area contributed by atoms with E-state index in [-0.39, 0.29) is 11.7 Å². The Bertz CT molecular complexity index is 633. The van der Waals surface area contributed by atoms with Crippen LogP contribution in [0.25, 0.3) is 0 Å². The predicted octanol–water partition coefficient (Wildman–Crippen LogP) is 0.0871. The van der Waals surface area contributed by atoms with Crippen LogP contribution in [0.2, 0.25) is 0 Å². The number of hydrogen-bond donors (Lipinski definition) is 1. The molecule has 1 fully saturated rings. The van der Waals surface area contributed by atoms with Crippen LogP contribution in [0.1, 0.15) is 5.69 Å². The third-order valence-electron chi connectivity index (χ3n) is 3.89. The molecule has 1 aliphatic rings. The van der Waals surface area contributed by atoms with Crippen molar-refractivity contribution in [3.63, 3.8) is 0 Å². The fraction of sp³-hybridized carbons (Fsp3) is 0.643. The Labute approximate surface area is 131 Å². The topological polar surface area (TPSA) is 83.0 Å². The number of methoxy groups -OCH3 is 1. The minimum atomic E-state index is -3.35. The summed E-state index contributed by atoms with van der Waals surface area (Å²) in [7, 11) is 1.22. The second-order valence-electron chi connectivity index (χ2n) is 5.77. The van der Waals surface area contributed by atoms with Crippen molar-refractivity contribution >= 4 is 15.8 Å². The van der Waals surface area contributed by atoms with Crippen LogP contribution in [-0.4, -0.2) is 69.0 Å². The molecule has 0 bridgehead atoms. The van der Waals surface area contributed by atoms with Gasteiger partial charge in [0.05, 0.1) is 19.0 Å². The summed E-state index contributed by atoms with van der Waals surface area (Å²) in [4.78, 5) is 6.34. The molecule has 2 heterocycles. The van der Waals surface area contributed by atoms with Gasteiger partial charge in [-0.2, -0.15) is 0 Å². The number of rotatable bonds is 5. The van der Waals surface area contributed by atoms with Gasteiger partial charge in [-0.05, 0) is 19.1 Å². The summed E-state index contributed by atoms with van der Waals surface area (Å²) in [5, 5.41) is 10.2. The number of aryl methyl sites for hydroxylation is 1. The van der Waals surface area contributed by atoms with Crippen molar-refractivity contribution < 1.29 is 18.3 Å². The third-order valence-corrected chi connectivity index (χ3v) is 5.85.